The topological polar surface area (TPSA) is 46.6 Å². The van der Waals surface area contributed by atoms with Crippen molar-refractivity contribution in [3.05, 3.63) is 47.8 Å². The van der Waals surface area contributed by atoms with Gasteiger partial charge in [-0.25, -0.2) is 4.98 Å². The lowest BCUT2D eigenvalue weighted by atomic mass is 10.1. The van der Waals surface area contributed by atoms with E-state index >= 15 is 0 Å². The Morgan fingerprint density at radius 3 is 2.48 bits per heavy atom. The summed E-state index contributed by atoms with van der Waals surface area (Å²) in [5.74, 6) is 1.48. The van der Waals surface area contributed by atoms with E-state index in [1.807, 2.05) is 18.2 Å². The Balaban J connectivity index is 1.50. The molecule has 1 fully saturated rings. The van der Waals surface area contributed by atoms with Gasteiger partial charge in [0.05, 0.1) is 25.6 Å². The zero-order valence-electron chi connectivity index (χ0n) is 15.6. The highest BCUT2D eigenvalue weighted by molar-refractivity contribution is 7.14. The van der Waals surface area contributed by atoms with Crippen LogP contribution in [0, 0.1) is 0 Å². The van der Waals surface area contributed by atoms with Crippen molar-refractivity contribution >= 4 is 27.8 Å². The van der Waals surface area contributed by atoms with Crippen LogP contribution in [0.5, 0.6) is 11.5 Å². The average molecular weight is 382 g/mol. The lowest BCUT2D eigenvalue weighted by molar-refractivity contribution is 0.395. The van der Waals surface area contributed by atoms with Crippen molar-refractivity contribution in [2.24, 2.45) is 0 Å². The molecule has 5 nitrogen and oxygen atoms in total. The third-order valence-corrected chi connectivity index (χ3v) is 5.55. The Morgan fingerprint density at radius 1 is 1.00 bits per heavy atom. The zero-order chi connectivity index (χ0) is 18.6. The second-order valence-electron chi connectivity index (χ2n) is 6.47. The van der Waals surface area contributed by atoms with Crippen molar-refractivity contribution in [2.45, 2.75) is 12.8 Å². The summed E-state index contributed by atoms with van der Waals surface area (Å²) in [4.78, 5) is 7.17. The number of nitrogens with one attached hydrogen (secondary N) is 1. The third-order valence-electron chi connectivity index (χ3n) is 4.79. The van der Waals surface area contributed by atoms with Crippen LogP contribution in [-0.4, -0.2) is 32.3 Å². The fraction of sp³-hybridized carbons (Fsp3) is 0.286. The minimum atomic E-state index is 0.723. The number of benzene rings is 2. The fourth-order valence-electron chi connectivity index (χ4n) is 3.30. The molecule has 27 heavy (non-hydrogen) atoms. The zero-order valence-corrected chi connectivity index (χ0v) is 16.4. The van der Waals surface area contributed by atoms with E-state index in [1.54, 1.807) is 25.6 Å². The molecule has 0 spiro atoms. The highest BCUT2D eigenvalue weighted by Crippen LogP contribution is 2.34. The Bertz CT molecular complexity index is 902. The molecule has 0 amide bonds. The van der Waals surface area contributed by atoms with E-state index < -0.39 is 0 Å². The molecule has 4 rings (SSSR count). The molecule has 1 aromatic heterocycles. The molecule has 0 unspecified atom stereocenters. The van der Waals surface area contributed by atoms with Gasteiger partial charge in [0.15, 0.2) is 5.13 Å². The number of hydrogen-bond acceptors (Lipinski definition) is 6. The second-order valence-corrected chi connectivity index (χ2v) is 7.33. The van der Waals surface area contributed by atoms with Crippen LogP contribution < -0.4 is 19.7 Å². The largest absolute Gasteiger partial charge is 0.497 e. The molecule has 0 radical (unpaired) electrons. The lowest BCUT2D eigenvalue weighted by Crippen LogP contribution is -2.17. The Morgan fingerprint density at radius 2 is 1.78 bits per heavy atom. The van der Waals surface area contributed by atoms with Crippen molar-refractivity contribution in [3.8, 4) is 22.8 Å². The molecule has 1 aliphatic heterocycles. The SMILES string of the molecule is COc1ccc(Nc2nc(-c3ccc(N4CCCC4)cc3)cs2)c(OC)c1. The fourth-order valence-corrected chi connectivity index (χ4v) is 4.03. The van der Waals surface area contributed by atoms with Crippen LogP contribution in [0.4, 0.5) is 16.5 Å². The van der Waals surface area contributed by atoms with E-state index in [0.29, 0.717) is 0 Å². The Hall–Kier alpha value is -2.73. The van der Waals surface area contributed by atoms with Crippen LogP contribution in [0.1, 0.15) is 12.8 Å². The standard InChI is InChI=1S/C21H23N3O2S/c1-25-17-9-10-18(20(13-17)26-2)22-21-23-19(14-27-21)15-5-7-16(8-6-15)24-11-3-4-12-24/h5-10,13-14H,3-4,11-12H2,1-2H3,(H,22,23). The number of ether oxygens (including phenoxy) is 2. The average Bonchev–Trinajstić information content (AvgIpc) is 3.41. The molecule has 2 aromatic carbocycles. The van der Waals surface area contributed by atoms with Gasteiger partial charge in [-0.3, -0.25) is 0 Å². The highest BCUT2D eigenvalue weighted by atomic mass is 32.1. The molecular weight excluding hydrogens is 358 g/mol. The monoisotopic (exact) mass is 381 g/mol. The van der Waals surface area contributed by atoms with Gasteiger partial charge in [-0.05, 0) is 37.1 Å². The van der Waals surface area contributed by atoms with Crippen molar-refractivity contribution in [3.63, 3.8) is 0 Å². The van der Waals surface area contributed by atoms with E-state index in [0.717, 1.165) is 46.7 Å². The lowest BCUT2D eigenvalue weighted by Gasteiger charge is -2.17. The van der Waals surface area contributed by atoms with E-state index in [-0.39, 0.29) is 0 Å². The maximum absolute atomic E-state index is 5.44. The Kier molecular flexibility index (Phi) is 5.16. The summed E-state index contributed by atoms with van der Waals surface area (Å²) in [6, 6.07) is 14.4. The first kappa shape index (κ1) is 17.7. The maximum Gasteiger partial charge on any atom is 0.187 e. The van der Waals surface area contributed by atoms with Gasteiger partial charge in [0.1, 0.15) is 11.5 Å². The molecule has 1 aliphatic rings. The van der Waals surface area contributed by atoms with Gasteiger partial charge in [-0.15, -0.1) is 11.3 Å². The van der Waals surface area contributed by atoms with Gasteiger partial charge in [-0.2, -0.15) is 0 Å². The molecule has 0 atom stereocenters. The number of methoxy groups -OCH3 is 2. The number of rotatable bonds is 6. The maximum atomic E-state index is 5.44. The van der Waals surface area contributed by atoms with Crippen LogP contribution >= 0.6 is 11.3 Å². The van der Waals surface area contributed by atoms with E-state index in [9.17, 15) is 0 Å². The van der Waals surface area contributed by atoms with Gasteiger partial charge in [0.25, 0.3) is 0 Å². The molecule has 2 heterocycles. The first-order valence-electron chi connectivity index (χ1n) is 9.07. The molecule has 0 bridgehead atoms. The van der Waals surface area contributed by atoms with Crippen LogP contribution in [0.3, 0.4) is 0 Å². The molecule has 0 saturated carbocycles. The van der Waals surface area contributed by atoms with E-state index in [4.69, 9.17) is 14.5 Å². The first-order valence-corrected chi connectivity index (χ1v) is 9.95. The number of nitrogens with zero attached hydrogens (tertiary/aromatic N) is 2. The molecule has 0 aliphatic carbocycles. The minimum absolute atomic E-state index is 0.723. The van der Waals surface area contributed by atoms with Crippen molar-refractivity contribution < 1.29 is 9.47 Å². The summed E-state index contributed by atoms with van der Waals surface area (Å²) >= 11 is 1.58. The summed E-state index contributed by atoms with van der Waals surface area (Å²) in [6.45, 7) is 2.32. The summed E-state index contributed by atoms with van der Waals surface area (Å²) in [7, 11) is 3.29. The van der Waals surface area contributed by atoms with Gasteiger partial charge in [-0.1, -0.05) is 12.1 Å². The highest BCUT2D eigenvalue weighted by Gasteiger charge is 2.13. The number of hydrogen-bond donors (Lipinski definition) is 1. The quantitative estimate of drug-likeness (QED) is 0.638. The minimum Gasteiger partial charge on any atom is -0.497 e. The second kappa shape index (κ2) is 7.88. The molecule has 140 valence electrons. The van der Waals surface area contributed by atoms with Crippen LogP contribution in [0.2, 0.25) is 0 Å². The van der Waals surface area contributed by atoms with Crippen LogP contribution in [-0.2, 0) is 0 Å². The molecule has 3 aromatic rings. The number of aromatic nitrogens is 1. The smallest absolute Gasteiger partial charge is 0.187 e. The Labute approximate surface area is 163 Å². The number of thiazole rings is 1. The van der Waals surface area contributed by atoms with Crippen molar-refractivity contribution in [1.29, 1.82) is 0 Å². The summed E-state index contributed by atoms with van der Waals surface area (Å²) in [6.07, 6.45) is 2.58. The van der Waals surface area contributed by atoms with Crippen molar-refractivity contribution in [2.75, 3.05) is 37.5 Å². The van der Waals surface area contributed by atoms with Gasteiger partial charge < -0.3 is 19.7 Å². The predicted octanol–water partition coefficient (Wildman–Crippen LogP) is 5.17. The molecule has 6 heteroatoms. The predicted molar refractivity (Wildman–Crippen MR) is 112 cm³/mol. The number of anilines is 3. The normalized spacial score (nSPS) is 13.6. The van der Waals surface area contributed by atoms with E-state index in [1.165, 1.54) is 18.5 Å². The van der Waals surface area contributed by atoms with Crippen LogP contribution in [0.25, 0.3) is 11.3 Å². The molecule has 1 N–H and O–H groups in total. The summed E-state index contributed by atoms with van der Waals surface area (Å²) in [5, 5.41) is 6.24. The van der Waals surface area contributed by atoms with Gasteiger partial charge >= 0.3 is 0 Å². The van der Waals surface area contributed by atoms with E-state index in [2.05, 4.69) is 39.9 Å². The summed E-state index contributed by atoms with van der Waals surface area (Å²) < 4.78 is 10.7. The summed E-state index contributed by atoms with van der Waals surface area (Å²) in [5.41, 5.74) is 4.27. The first-order chi connectivity index (χ1) is 13.3. The van der Waals surface area contributed by atoms with Crippen LogP contribution in [0.15, 0.2) is 47.8 Å². The molecule has 1 saturated heterocycles. The third kappa shape index (κ3) is 3.85. The van der Waals surface area contributed by atoms with Crippen molar-refractivity contribution in [1.82, 2.24) is 4.98 Å². The van der Waals surface area contributed by atoms with Gasteiger partial charge in [0.2, 0.25) is 0 Å². The van der Waals surface area contributed by atoms with Gasteiger partial charge in [0, 0.05) is 35.8 Å². The molecular formula is C21H23N3O2S.